The summed E-state index contributed by atoms with van der Waals surface area (Å²) in [5, 5.41) is 5.46. The SMILES string of the molecule is CC(NC(=O)NCCCN(C)S(C)(=O)=O)c1ccccn1. The average molecular weight is 314 g/mol. The Labute approximate surface area is 125 Å². The van der Waals surface area contributed by atoms with Crippen LogP contribution in [0.5, 0.6) is 0 Å². The number of amides is 2. The maximum Gasteiger partial charge on any atom is 0.315 e. The maximum atomic E-state index is 11.7. The molecule has 0 bridgehead atoms. The van der Waals surface area contributed by atoms with Crippen LogP contribution in [0.4, 0.5) is 4.79 Å². The molecule has 0 aliphatic heterocycles. The largest absolute Gasteiger partial charge is 0.338 e. The van der Waals surface area contributed by atoms with Crippen molar-refractivity contribution in [1.82, 2.24) is 19.9 Å². The van der Waals surface area contributed by atoms with E-state index in [0.29, 0.717) is 19.5 Å². The van der Waals surface area contributed by atoms with Gasteiger partial charge in [-0.05, 0) is 25.5 Å². The lowest BCUT2D eigenvalue weighted by Crippen LogP contribution is -2.38. The number of nitrogens with zero attached hydrogens (tertiary/aromatic N) is 2. The van der Waals surface area contributed by atoms with Gasteiger partial charge in [-0.1, -0.05) is 6.07 Å². The second-order valence-corrected chi connectivity index (χ2v) is 6.90. The number of carbonyl (C=O) groups excluding carboxylic acids is 1. The number of rotatable bonds is 7. The minimum absolute atomic E-state index is 0.190. The van der Waals surface area contributed by atoms with Crippen LogP contribution >= 0.6 is 0 Å². The molecular formula is C13H22N4O3S. The summed E-state index contributed by atoms with van der Waals surface area (Å²) in [4.78, 5) is 15.8. The van der Waals surface area contributed by atoms with Crippen molar-refractivity contribution < 1.29 is 13.2 Å². The van der Waals surface area contributed by atoms with E-state index < -0.39 is 10.0 Å². The highest BCUT2D eigenvalue weighted by Gasteiger charge is 2.11. The van der Waals surface area contributed by atoms with Crippen LogP contribution < -0.4 is 10.6 Å². The van der Waals surface area contributed by atoms with Gasteiger partial charge < -0.3 is 10.6 Å². The van der Waals surface area contributed by atoms with E-state index >= 15 is 0 Å². The van der Waals surface area contributed by atoms with E-state index in [2.05, 4.69) is 15.6 Å². The molecule has 1 heterocycles. The Morgan fingerprint density at radius 3 is 2.71 bits per heavy atom. The summed E-state index contributed by atoms with van der Waals surface area (Å²) in [6, 6.07) is 5.03. The van der Waals surface area contributed by atoms with Crippen LogP contribution in [0.3, 0.4) is 0 Å². The second kappa shape index (κ2) is 7.94. The third-order valence-electron chi connectivity index (χ3n) is 2.98. The van der Waals surface area contributed by atoms with Crippen LogP contribution in [0.15, 0.2) is 24.4 Å². The van der Waals surface area contributed by atoms with E-state index in [4.69, 9.17) is 0 Å². The van der Waals surface area contributed by atoms with Crippen LogP contribution in [0.25, 0.3) is 0 Å². The van der Waals surface area contributed by atoms with Crippen molar-refractivity contribution in [3.05, 3.63) is 30.1 Å². The van der Waals surface area contributed by atoms with Gasteiger partial charge in [0, 0.05) is 26.3 Å². The van der Waals surface area contributed by atoms with Gasteiger partial charge in [-0.15, -0.1) is 0 Å². The molecule has 1 atom stereocenters. The topological polar surface area (TPSA) is 91.4 Å². The first-order valence-corrected chi connectivity index (χ1v) is 8.52. The summed E-state index contributed by atoms with van der Waals surface area (Å²) >= 11 is 0. The molecule has 1 rings (SSSR count). The predicted octanol–water partition coefficient (Wildman–Crippen LogP) is 0.723. The van der Waals surface area contributed by atoms with Crippen LogP contribution in [0, 0.1) is 0 Å². The lowest BCUT2D eigenvalue weighted by atomic mass is 10.2. The first kappa shape index (κ1) is 17.4. The molecule has 21 heavy (non-hydrogen) atoms. The van der Waals surface area contributed by atoms with E-state index in [1.54, 1.807) is 6.20 Å². The minimum Gasteiger partial charge on any atom is -0.338 e. The number of sulfonamides is 1. The van der Waals surface area contributed by atoms with Crippen LogP contribution in [0.2, 0.25) is 0 Å². The lowest BCUT2D eigenvalue weighted by Gasteiger charge is -2.16. The third-order valence-corrected chi connectivity index (χ3v) is 4.30. The van der Waals surface area contributed by atoms with Gasteiger partial charge in [0.25, 0.3) is 0 Å². The standard InChI is InChI=1S/C13H22N4O3S/c1-11(12-7-4-5-8-14-12)16-13(18)15-9-6-10-17(2)21(3,19)20/h4-5,7-8,11H,6,9-10H2,1-3H3,(H2,15,16,18). The molecule has 7 nitrogen and oxygen atoms in total. The number of hydrogen-bond acceptors (Lipinski definition) is 4. The first-order chi connectivity index (χ1) is 9.80. The highest BCUT2D eigenvalue weighted by atomic mass is 32.2. The number of hydrogen-bond donors (Lipinski definition) is 2. The summed E-state index contributed by atoms with van der Waals surface area (Å²) in [5.41, 5.74) is 0.782. The van der Waals surface area contributed by atoms with Crippen molar-refractivity contribution >= 4 is 16.1 Å². The van der Waals surface area contributed by atoms with E-state index in [9.17, 15) is 13.2 Å². The van der Waals surface area contributed by atoms with Crippen molar-refractivity contribution in [2.45, 2.75) is 19.4 Å². The Balaban J connectivity index is 2.26. The fourth-order valence-corrected chi connectivity index (χ4v) is 2.08. The lowest BCUT2D eigenvalue weighted by molar-refractivity contribution is 0.237. The van der Waals surface area contributed by atoms with E-state index in [0.717, 1.165) is 11.9 Å². The number of aromatic nitrogens is 1. The smallest absolute Gasteiger partial charge is 0.315 e. The Hall–Kier alpha value is -1.67. The van der Waals surface area contributed by atoms with E-state index in [1.807, 2.05) is 25.1 Å². The number of pyridine rings is 1. The van der Waals surface area contributed by atoms with Gasteiger partial charge in [0.15, 0.2) is 0 Å². The molecule has 8 heteroatoms. The Morgan fingerprint density at radius 1 is 1.43 bits per heavy atom. The molecule has 118 valence electrons. The molecule has 2 amide bonds. The Kier molecular flexibility index (Phi) is 6.57. The molecule has 0 spiro atoms. The third kappa shape index (κ3) is 6.54. The summed E-state index contributed by atoms with van der Waals surface area (Å²) in [5.74, 6) is 0. The fraction of sp³-hybridized carbons (Fsp3) is 0.538. The molecule has 1 aromatic rings. The zero-order valence-electron chi connectivity index (χ0n) is 12.5. The molecule has 0 aliphatic carbocycles. The number of nitrogens with one attached hydrogen (secondary N) is 2. The van der Waals surface area contributed by atoms with Crippen molar-refractivity contribution in [2.24, 2.45) is 0 Å². The zero-order chi connectivity index (χ0) is 15.9. The Bertz CT molecular complexity index is 548. The maximum absolute atomic E-state index is 11.7. The quantitative estimate of drug-likeness (QED) is 0.726. The summed E-state index contributed by atoms with van der Waals surface area (Å²) in [6.07, 6.45) is 3.38. The van der Waals surface area contributed by atoms with Crippen molar-refractivity contribution in [1.29, 1.82) is 0 Å². The monoisotopic (exact) mass is 314 g/mol. The van der Waals surface area contributed by atoms with Crippen molar-refractivity contribution in [3.63, 3.8) is 0 Å². The van der Waals surface area contributed by atoms with Gasteiger partial charge >= 0.3 is 6.03 Å². The molecule has 0 saturated heterocycles. The highest BCUT2D eigenvalue weighted by Crippen LogP contribution is 2.07. The van der Waals surface area contributed by atoms with Gasteiger partial charge in [0.1, 0.15) is 0 Å². The van der Waals surface area contributed by atoms with Gasteiger partial charge in [-0.3, -0.25) is 4.98 Å². The molecular weight excluding hydrogens is 292 g/mol. The molecule has 0 aromatic carbocycles. The molecule has 1 unspecified atom stereocenters. The first-order valence-electron chi connectivity index (χ1n) is 6.67. The predicted molar refractivity (Wildman–Crippen MR) is 81.3 cm³/mol. The molecule has 0 saturated carbocycles. The number of urea groups is 1. The van der Waals surface area contributed by atoms with Gasteiger partial charge in [0.05, 0.1) is 18.0 Å². The minimum atomic E-state index is -3.16. The highest BCUT2D eigenvalue weighted by molar-refractivity contribution is 7.88. The van der Waals surface area contributed by atoms with E-state index in [-0.39, 0.29) is 12.1 Å². The summed E-state index contributed by atoms with van der Waals surface area (Å²) in [6.45, 7) is 2.62. The molecule has 0 aliphatic rings. The van der Waals surface area contributed by atoms with Gasteiger partial charge in [-0.25, -0.2) is 17.5 Å². The van der Waals surface area contributed by atoms with E-state index in [1.165, 1.54) is 11.4 Å². The second-order valence-electron chi connectivity index (χ2n) is 4.81. The Morgan fingerprint density at radius 2 is 2.14 bits per heavy atom. The van der Waals surface area contributed by atoms with Crippen molar-refractivity contribution in [3.8, 4) is 0 Å². The molecule has 0 radical (unpaired) electrons. The molecule has 1 aromatic heterocycles. The van der Waals surface area contributed by atoms with Gasteiger partial charge in [-0.2, -0.15) is 0 Å². The van der Waals surface area contributed by atoms with Crippen LogP contribution in [0.1, 0.15) is 25.1 Å². The normalized spacial score (nSPS) is 13.0. The van der Waals surface area contributed by atoms with Crippen molar-refractivity contribution in [2.75, 3.05) is 26.4 Å². The summed E-state index contributed by atoms with van der Waals surface area (Å²) in [7, 11) is -1.65. The van der Waals surface area contributed by atoms with Gasteiger partial charge in [0.2, 0.25) is 10.0 Å². The summed E-state index contributed by atoms with van der Waals surface area (Å²) < 4.78 is 23.6. The molecule has 0 fully saturated rings. The molecule has 2 N–H and O–H groups in total. The fourth-order valence-electron chi connectivity index (χ4n) is 1.62. The van der Waals surface area contributed by atoms with Crippen LogP contribution in [-0.4, -0.2) is 50.1 Å². The number of carbonyl (C=O) groups is 1. The average Bonchev–Trinajstić information content (AvgIpc) is 2.43. The zero-order valence-corrected chi connectivity index (χ0v) is 13.4. The van der Waals surface area contributed by atoms with Crippen LogP contribution in [-0.2, 0) is 10.0 Å².